The zero-order chi connectivity index (χ0) is 15.7. The predicted molar refractivity (Wildman–Crippen MR) is 86.7 cm³/mol. The van der Waals surface area contributed by atoms with Crippen LogP contribution in [0.1, 0.15) is 33.6 Å². The Morgan fingerprint density at radius 2 is 1.95 bits per heavy atom. The normalized spacial score (nSPS) is 17.0. The first-order valence-electron chi connectivity index (χ1n) is 7.85. The van der Waals surface area contributed by atoms with Gasteiger partial charge in [0.05, 0.1) is 0 Å². The molecule has 0 atom stereocenters. The quantitative estimate of drug-likeness (QED) is 0.925. The van der Waals surface area contributed by atoms with Crippen molar-refractivity contribution >= 4 is 23.0 Å². The molecule has 3 rings (SSSR count). The summed E-state index contributed by atoms with van der Waals surface area (Å²) >= 11 is 0. The van der Waals surface area contributed by atoms with E-state index in [0.29, 0.717) is 12.1 Å². The van der Waals surface area contributed by atoms with Gasteiger partial charge in [0.2, 0.25) is 5.91 Å². The molecule has 0 saturated carbocycles. The third-order valence-corrected chi connectivity index (χ3v) is 4.05. The van der Waals surface area contributed by atoms with Crippen molar-refractivity contribution in [1.82, 2.24) is 9.88 Å². The first kappa shape index (κ1) is 14.9. The molecule has 1 aliphatic heterocycles. The molecule has 1 fully saturated rings. The number of amides is 1. The Kier molecular flexibility index (Phi) is 3.81. The van der Waals surface area contributed by atoms with Crippen LogP contribution in [-0.4, -0.2) is 34.9 Å². The number of likely N-dealkylation sites (tertiary alicyclic amines) is 1. The summed E-state index contributed by atoms with van der Waals surface area (Å²) in [6.45, 7) is 7.48. The number of carbonyl (C=O) groups excluding carboxylic acids is 1. The highest BCUT2D eigenvalue weighted by molar-refractivity contribution is 5.81. The summed E-state index contributed by atoms with van der Waals surface area (Å²) in [6.07, 6.45) is 1.83. The van der Waals surface area contributed by atoms with E-state index in [2.05, 4.69) is 10.3 Å². The van der Waals surface area contributed by atoms with Gasteiger partial charge in [-0.1, -0.05) is 32.9 Å². The highest BCUT2D eigenvalue weighted by Gasteiger charge is 2.30. The lowest BCUT2D eigenvalue weighted by molar-refractivity contribution is -0.140. The van der Waals surface area contributed by atoms with Gasteiger partial charge in [0.25, 0.3) is 6.01 Å². The zero-order valence-corrected chi connectivity index (χ0v) is 13.4. The van der Waals surface area contributed by atoms with E-state index in [1.165, 1.54) is 0 Å². The monoisotopic (exact) mass is 301 g/mol. The highest BCUT2D eigenvalue weighted by Crippen LogP contribution is 2.24. The van der Waals surface area contributed by atoms with Gasteiger partial charge in [-0.2, -0.15) is 4.98 Å². The van der Waals surface area contributed by atoms with Crippen molar-refractivity contribution in [3.05, 3.63) is 24.3 Å². The van der Waals surface area contributed by atoms with Crippen molar-refractivity contribution in [3.8, 4) is 0 Å². The Balaban J connectivity index is 1.59. The maximum atomic E-state index is 12.3. The first-order valence-corrected chi connectivity index (χ1v) is 7.85. The molecule has 118 valence electrons. The van der Waals surface area contributed by atoms with Crippen molar-refractivity contribution in [2.24, 2.45) is 5.41 Å². The Morgan fingerprint density at radius 1 is 1.27 bits per heavy atom. The number of aromatic nitrogens is 1. The van der Waals surface area contributed by atoms with Crippen LogP contribution in [0.25, 0.3) is 11.1 Å². The average Bonchev–Trinajstić information content (AvgIpc) is 2.88. The lowest BCUT2D eigenvalue weighted by atomic mass is 9.93. The molecule has 5 nitrogen and oxygen atoms in total. The van der Waals surface area contributed by atoms with Crippen molar-refractivity contribution in [2.75, 3.05) is 18.4 Å². The Labute approximate surface area is 130 Å². The van der Waals surface area contributed by atoms with Crippen LogP contribution in [0.5, 0.6) is 0 Å². The number of carbonyl (C=O) groups is 1. The second kappa shape index (κ2) is 5.63. The number of nitrogens with zero attached hydrogens (tertiary/aromatic N) is 2. The van der Waals surface area contributed by atoms with Gasteiger partial charge >= 0.3 is 0 Å². The van der Waals surface area contributed by atoms with E-state index in [9.17, 15) is 4.79 Å². The van der Waals surface area contributed by atoms with Gasteiger partial charge < -0.3 is 14.6 Å². The molecule has 2 aromatic rings. The van der Waals surface area contributed by atoms with Crippen molar-refractivity contribution in [3.63, 3.8) is 0 Å². The van der Waals surface area contributed by atoms with Crippen LogP contribution in [0.2, 0.25) is 0 Å². The molecule has 1 saturated heterocycles. The van der Waals surface area contributed by atoms with Crippen LogP contribution >= 0.6 is 0 Å². The zero-order valence-electron chi connectivity index (χ0n) is 13.4. The largest absolute Gasteiger partial charge is 0.424 e. The number of rotatable bonds is 2. The van der Waals surface area contributed by atoms with Crippen LogP contribution in [0, 0.1) is 5.41 Å². The molecule has 1 aromatic heterocycles. The van der Waals surface area contributed by atoms with Crippen LogP contribution in [0.3, 0.4) is 0 Å². The molecule has 0 unspecified atom stereocenters. The van der Waals surface area contributed by atoms with Crippen molar-refractivity contribution in [2.45, 2.75) is 39.7 Å². The van der Waals surface area contributed by atoms with Crippen LogP contribution in [0.4, 0.5) is 6.01 Å². The minimum Gasteiger partial charge on any atom is -0.424 e. The Hall–Kier alpha value is -2.04. The molecule has 2 heterocycles. The summed E-state index contributed by atoms with van der Waals surface area (Å²) in [5, 5.41) is 3.35. The minimum atomic E-state index is -0.305. The number of piperidine rings is 1. The number of para-hydroxylation sites is 2. The van der Waals surface area contributed by atoms with Gasteiger partial charge in [0.1, 0.15) is 5.52 Å². The molecule has 1 aliphatic rings. The molecule has 0 spiro atoms. The summed E-state index contributed by atoms with van der Waals surface area (Å²) in [6, 6.07) is 8.62. The molecular formula is C17H23N3O2. The van der Waals surface area contributed by atoms with E-state index in [0.717, 1.165) is 37.0 Å². The maximum absolute atomic E-state index is 12.3. The lowest BCUT2D eigenvalue weighted by Gasteiger charge is -2.35. The van der Waals surface area contributed by atoms with Crippen LogP contribution in [0.15, 0.2) is 28.7 Å². The highest BCUT2D eigenvalue weighted by atomic mass is 16.4. The standard InChI is InChI=1S/C17H23N3O2/c1-17(2,3)15(21)20-10-8-12(9-11-20)18-16-19-13-6-4-5-7-14(13)22-16/h4-7,12H,8-11H2,1-3H3,(H,18,19). The van der Waals surface area contributed by atoms with Crippen LogP contribution < -0.4 is 5.32 Å². The summed E-state index contributed by atoms with van der Waals surface area (Å²) in [7, 11) is 0. The second-order valence-corrected chi connectivity index (χ2v) is 6.95. The lowest BCUT2D eigenvalue weighted by Crippen LogP contribution is -2.46. The first-order chi connectivity index (χ1) is 10.4. The van der Waals surface area contributed by atoms with Gasteiger partial charge in [-0.15, -0.1) is 0 Å². The van der Waals surface area contributed by atoms with E-state index in [1.807, 2.05) is 49.9 Å². The molecule has 0 radical (unpaired) electrons. The summed E-state index contributed by atoms with van der Waals surface area (Å²) in [5.74, 6) is 0.229. The number of fused-ring (bicyclic) bond motifs is 1. The van der Waals surface area contributed by atoms with Gasteiger partial charge in [0, 0.05) is 24.5 Å². The molecular weight excluding hydrogens is 278 g/mol. The Morgan fingerprint density at radius 3 is 2.59 bits per heavy atom. The van der Waals surface area contributed by atoms with E-state index < -0.39 is 0 Å². The van der Waals surface area contributed by atoms with E-state index in [4.69, 9.17) is 4.42 Å². The number of benzene rings is 1. The van der Waals surface area contributed by atoms with E-state index in [1.54, 1.807) is 0 Å². The number of hydrogen-bond donors (Lipinski definition) is 1. The fraction of sp³-hybridized carbons (Fsp3) is 0.529. The number of hydrogen-bond acceptors (Lipinski definition) is 4. The molecule has 1 amide bonds. The average molecular weight is 301 g/mol. The smallest absolute Gasteiger partial charge is 0.295 e. The SMILES string of the molecule is CC(C)(C)C(=O)N1CCC(Nc2nc3ccccc3o2)CC1. The van der Waals surface area contributed by atoms with Gasteiger partial charge in [-0.25, -0.2) is 0 Å². The fourth-order valence-corrected chi connectivity index (χ4v) is 2.81. The summed E-state index contributed by atoms with van der Waals surface area (Å²) < 4.78 is 5.70. The minimum absolute atomic E-state index is 0.229. The fourth-order valence-electron chi connectivity index (χ4n) is 2.81. The maximum Gasteiger partial charge on any atom is 0.295 e. The number of nitrogens with one attached hydrogen (secondary N) is 1. The van der Waals surface area contributed by atoms with Gasteiger partial charge in [-0.05, 0) is 25.0 Å². The van der Waals surface area contributed by atoms with Crippen molar-refractivity contribution in [1.29, 1.82) is 0 Å². The molecule has 0 bridgehead atoms. The van der Waals surface area contributed by atoms with Crippen molar-refractivity contribution < 1.29 is 9.21 Å². The molecule has 1 N–H and O–H groups in total. The third-order valence-electron chi connectivity index (χ3n) is 4.05. The van der Waals surface area contributed by atoms with Crippen LogP contribution in [-0.2, 0) is 4.79 Å². The van der Waals surface area contributed by atoms with E-state index >= 15 is 0 Å². The molecule has 1 aromatic carbocycles. The predicted octanol–water partition coefficient (Wildman–Crippen LogP) is 3.28. The Bertz CT molecular complexity index is 631. The molecule has 22 heavy (non-hydrogen) atoms. The summed E-state index contributed by atoms with van der Waals surface area (Å²) in [4.78, 5) is 18.7. The topological polar surface area (TPSA) is 58.4 Å². The van der Waals surface area contributed by atoms with E-state index in [-0.39, 0.29) is 11.3 Å². The number of anilines is 1. The van der Waals surface area contributed by atoms with Gasteiger partial charge in [-0.3, -0.25) is 4.79 Å². The summed E-state index contributed by atoms with van der Waals surface area (Å²) in [5.41, 5.74) is 1.36. The second-order valence-electron chi connectivity index (χ2n) is 6.95. The molecule has 0 aliphatic carbocycles. The molecule has 5 heteroatoms. The third kappa shape index (κ3) is 3.08. The van der Waals surface area contributed by atoms with Gasteiger partial charge in [0.15, 0.2) is 5.58 Å². The number of oxazole rings is 1.